The number of nitrogens with one attached hydrogen (secondary N) is 1. The molecule has 0 atom stereocenters. The first-order chi connectivity index (χ1) is 3.84. The third kappa shape index (κ3) is 0.742. The van der Waals surface area contributed by atoms with Gasteiger partial charge in [-0.1, -0.05) is 0 Å². The van der Waals surface area contributed by atoms with Crippen LogP contribution in [0.1, 0.15) is 0 Å². The first-order valence-corrected chi connectivity index (χ1v) is 2.46. The second-order valence-corrected chi connectivity index (χ2v) is 1.70. The van der Waals surface area contributed by atoms with E-state index in [1.165, 1.54) is 0 Å². The summed E-state index contributed by atoms with van der Waals surface area (Å²) in [4.78, 5) is 1.85. The van der Waals surface area contributed by atoms with Crippen LogP contribution in [0.4, 0.5) is 0 Å². The lowest BCUT2D eigenvalue weighted by Crippen LogP contribution is -2.26. The number of likely N-dealkylation sites (N-methyl/N-ethyl adjacent to an activating group) is 1. The summed E-state index contributed by atoms with van der Waals surface area (Å²) < 4.78 is 0. The smallest absolute Gasteiger partial charge is 0.151 e. The topological polar surface area (TPSA) is 47.9 Å². The zero-order chi connectivity index (χ0) is 5.98. The molecule has 0 saturated carbocycles. The lowest BCUT2D eigenvalue weighted by molar-refractivity contribution is 0.339. The predicted molar refractivity (Wildman–Crippen MR) is 30.3 cm³/mol. The molecule has 0 bridgehead atoms. The molecule has 0 radical (unpaired) electrons. The van der Waals surface area contributed by atoms with Gasteiger partial charge in [0.25, 0.3) is 0 Å². The van der Waals surface area contributed by atoms with E-state index < -0.39 is 0 Å². The summed E-state index contributed by atoms with van der Waals surface area (Å²) in [5, 5.41) is 12.3. The molecule has 1 aliphatic heterocycles. The first kappa shape index (κ1) is 5.37. The summed E-state index contributed by atoms with van der Waals surface area (Å²) in [6, 6.07) is 0. The molecule has 0 aromatic carbocycles. The molecule has 1 rings (SSSR count). The zero-order valence-electron chi connectivity index (χ0n) is 4.76. The van der Waals surface area contributed by atoms with E-state index in [1.54, 1.807) is 0 Å². The van der Waals surface area contributed by atoms with Crippen LogP contribution in [0.3, 0.4) is 0 Å². The Labute approximate surface area is 47.8 Å². The van der Waals surface area contributed by atoms with Gasteiger partial charge in [-0.25, -0.2) is 0 Å². The number of hydrogen-bond acceptors (Lipinski definition) is 4. The van der Waals surface area contributed by atoms with Crippen molar-refractivity contribution in [1.29, 1.82) is 0 Å². The second kappa shape index (κ2) is 2.00. The molecule has 0 amide bonds. The molecule has 0 saturated heterocycles. The fourth-order valence-corrected chi connectivity index (χ4v) is 0.565. The number of nitrogens with zero attached hydrogens (tertiary/aromatic N) is 2. The molecule has 1 aliphatic rings. The molecule has 1 heterocycles. The summed E-state index contributed by atoms with van der Waals surface area (Å²) >= 11 is 0. The number of aliphatic hydroxyl groups is 1. The highest BCUT2D eigenvalue weighted by Crippen LogP contribution is 1.89. The minimum absolute atomic E-state index is 0.0174. The van der Waals surface area contributed by atoms with Crippen molar-refractivity contribution in [2.75, 3.05) is 20.3 Å². The van der Waals surface area contributed by atoms with Crippen molar-refractivity contribution in [3.63, 3.8) is 0 Å². The molecule has 46 valence electrons. The van der Waals surface area contributed by atoms with E-state index in [1.807, 2.05) is 11.9 Å². The zero-order valence-corrected chi connectivity index (χ0v) is 4.76. The van der Waals surface area contributed by atoms with E-state index in [4.69, 9.17) is 5.11 Å². The Kier molecular flexibility index (Phi) is 1.34. The molecule has 8 heavy (non-hydrogen) atoms. The molecule has 0 fully saturated rings. The van der Waals surface area contributed by atoms with E-state index in [2.05, 4.69) is 10.5 Å². The number of hydrazone groups is 1. The summed E-state index contributed by atoms with van der Waals surface area (Å²) in [6.07, 6.45) is 0. The van der Waals surface area contributed by atoms with Crippen LogP contribution in [-0.2, 0) is 0 Å². The van der Waals surface area contributed by atoms with Crippen LogP contribution >= 0.6 is 0 Å². The molecule has 4 heteroatoms. The van der Waals surface area contributed by atoms with Crippen LogP contribution in [-0.4, -0.2) is 36.2 Å². The third-order valence-corrected chi connectivity index (χ3v) is 1.10. The average molecular weight is 115 g/mol. The second-order valence-electron chi connectivity index (χ2n) is 1.70. The summed E-state index contributed by atoms with van der Waals surface area (Å²) in [7, 11) is 1.87. The van der Waals surface area contributed by atoms with E-state index in [0.717, 1.165) is 0 Å². The Bertz CT molecular complexity index is 112. The highest BCUT2D eigenvalue weighted by molar-refractivity contribution is 5.83. The van der Waals surface area contributed by atoms with Gasteiger partial charge >= 0.3 is 0 Å². The van der Waals surface area contributed by atoms with Crippen molar-refractivity contribution in [2.45, 2.75) is 0 Å². The van der Waals surface area contributed by atoms with Crippen molar-refractivity contribution in [2.24, 2.45) is 5.10 Å². The van der Waals surface area contributed by atoms with Gasteiger partial charge in [0, 0.05) is 7.05 Å². The van der Waals surface area contributed by atoms with Gasteiger partial charge in [0.05, 0.1) is 0 Å². The molecule has 0 spiro atoms. The Balaban J connectivity index is 2.49. The third-order valence-electron chi connectivity index (χ3n) is 1.10. The molecular formula is C4H9N3O. The average Bonchev–Trinajstić information content (AvgIpc) is 2.14. The minimum atomic E-state index is 0.0174. The summed E-state index contributed by atoms with van der Waals surface area (Å²) in [5.41, 5.74) is 2.73. The van der Waals surface area contributed by atoms with Crippen LogP contribution in [0.15, 0.2) is 5.10 Å². The van der Waals surface area contributed by atoms with Gasteiger partial charge < -0.3 is 10.0 Å². The van der Waals surface area contributed by atoms with Crippen molar-refractivity contribution < 1.29 is 5.11 Å². The molecular weight excluding hydrogens is 106 g/mol. The van der Waals surface area contributed by atoms with E-state index in [0.29, 0.717) is 12.5 Å². The van der Waals surface area contributed by atoms with Crippen LogP contribution in [0.25, 0.3) is 0 Å². The SMILES string of the molecule is CN1CNN=C1CO. The fraction of sp³-hybridized carbons (Fsp3) is 0.750. The van der Waals surface area contributed by atoms with Crippen molar-refractivity contribution >= 4 is 5.84 Å². The Morgan fingerprint density at radius 1 is 2.00 bits per heavy atom. The lowest BCUT2D eigenvalue weighted by Gasteiger charge is -2.07. The van der Waals surface area contributed by atoms with E-state index in [9.17, 15) is 0 Å². The molecule has 0 unspecified atom stereocenters. The standard InChI is InChI=1S/C4H9N3O/c1-7-3-5-6-4(7)2-8/h5,8H,2-3H2,1H3. The van der Waals surface area contributed by atoms with Gasteiger partial charge in [0.15, 0.2) is 5.84 Å². The highest BCUT2D eigenvalue weighted by Gasteiger charge is 2.08. The molecule has 4 nitrogen and oxygen atoms in total. The van der Waals surface area contributed by atoms with Crippen molar-refractivity contribution in [3.8, 4) is 0 Å². The van der Waals surface area contributed by atoms with E-state index in [-0.39, 0.29) is 6.61 Å². The summed E-state index contributed by atoms with van der Waals surface area (Å²) in [6.45, 7) is 0.722. The highest BCUT2D eigenvalue weighted by atomic mass is 16.3. The van der Waals surface area contributed by atoms with E-state index >= 15 is 0 Å². The van der Waals surface area contributed by atoms with Crippen LogP contribution in [0.2, 0.25) is 0 Å². The van der Waals surface area contributed by atoms with Crippen LogP contribution in [0, 0.1) is 0 Å². The minimum Gasteiger partial charge on any atom is -0.388 e. The largest absolute Gasteiger partial charge is 0.388 e. The molecule has 2 N–H and O–H groups in total. The van der Waals surface area contributed by atoms with Crippen molar-refractivity contribution in [1.82, 2.24) is 10.3 Å². The first-order valence-electron chi connectivity index (χ1n) is 2.46. The number of aliphatic hydroxyl groups excluding tert-OH is 1. The van der Waals surface area contributed by atoms with Gasteiger partial charge in [-0.2, -0.15) is 5.10 Å². The fourth-order valence-electron chi connectivity index (χ4n) is 0.565. The number of rotatable bonds is 1. The number of amidine groups is 1. The summed E-state index contributed by atoms with van der Waals surface area (Å²) in [5.74, 6) is 0.699. The van der Waals surface area contributed by atoms with Crippen LogP contribution in [0.5, 0.6) is 0 Å². The Morgan fingerprint density at radius 2 is 2.75 bits per heavy atom. The van der Waals surface area contributed by atoms with Gasteiger partial charge in [-0.3, -0.25) is 5.43 Å². The van der Waals surface area contributed by atoms with Gasteiger partial charge in [-0.15, -0.1) is 0 Å². The monoisotopic (exact) mass is 115 g/mol. The maximum absolute atomic E-state index is 8.52. The predicted octanol–water partition coefficient (Wildman–Crippen LogP) is -1.22. The van der Waals surface area contributed by atoms with Crippen LogP contribution < -0.4 is 5.43 Å². The van der Waals surface area contributed by atoms with Crippen molar-refractivity contribution in [3.05, 3.63) is 0 Å². The maximum atomic E-state index is 8.52. The molecule has 0 aromatic rings. The van der Waals surface area contributed by atoms with Gasteiger partial charge in [0.1, 0.15) is 13.3 Å². The Morgan fingerprint density at radius 3 is 3.00 bits per heavy atom. The van der Waals surface area contributed by atoms with Gasteiger partial charge in [-0.05, 0) is 0 Å². The maximum Gasteiger partial charge on any atom is 0.151 e. The lowest BCUT2D eigenvalue weighted by atomic mass is 10.6. The number of hydrogen-bond donors (Lipinski definition) is 2. The molecule has 0 aliphatic carbocycles. The normalized spacial score (nSPS) is 18.2. The molecule has 0 aromatic heterocycles. The van der Waals surface area contributed by atoms with Gasteiger partial charge in [0.2, 0.25) is 0 Å². The quantitative estimate of drug-likeness (QED) is 0.450. The Hall–Kier alpha value is -0.770.